The summed E-state index contributed by atoms with van der Waals surface area (Å²) in [7, 11) is 0. The molecule has 0 saturated heterocycles. The lowest BCUT2D eigenvalue weighted by Gasteiger charge is -2.14. The normalized spacial score (nSPS) is 15.0. The van der Waals surface area contributed by atoms with Crippen LogP contribution in [0, 0.1) is 5.92 Å². The maximum absolute atomic E-state index is 12.6. The van der Waals surface area contributed by atoms with Gasteiger partial charge in [0.05, 0.1) is 5.56 Å². The van der Waals surface area contributed by atoms with E-state index in [-0.39, 0.29) is 30.1 Å². The fourth-order valence-corrected chi connectivity index (χ4v) is 2.84. The highest BCUT2D eigenvalue weighted by atomic mass is 19.4. The van der Waals surface area contributed by atoms with Gasteiger partial charge in [0, 0.05) is 23.7 Å². The lowest BCUT2D eigenvalue weighted by molar-refractivity contribution is -0.137. The van der Waals surface area contributed by atoms with Gasteiger partial charge >= 0.3 is 6.18 Å². The van der Waals surface area contributed by atoms with E-state index in [1.54, 1.807) is 31.2 Å². The molecular weight excluding hydrogens is 369 g/mol. The Balaban J connectivity index is 1.52. The van der Waals surface area contributed by atoms with Crippen molar-refractivity contribution in [1.82, 2.24) is 0 Å². The van der Waals surface area contributed by atoms with Crippen molar-refractivity contribution in [3.05, 3.63) is 59.7 Å². The number of amides is 2. The quantitative estimate of drug-likeness (QED) is 0.713. The van der Waals surface area contributed by atoms with Gasteiger partial charge < -0.3 is 10.6 Å². The zero-order valence-electron chi connectivity index (χ0n) is 15.3. The second-order valence-electron chi connectivity index (χ2n) is 7.11. The highest BCUT2D eigenvalue weighted by Gasteiger charge is 2.30. The molecule has 3 rings (SSSR count). The summed E-state index contributed by atoms with van der Waals surface area (Å²) in [6.07, 6.45) is -2.37. The predicted molar refractivity (Wildman–Crippen MR) is 101 cm³/mol. The van der Waals surface area contributed by atoms with Gasteiger partial charge in [0.15, 0.2) is 0 Å². The maximum atomic E-state index is 12.6. The summed E-state index contributed by atoms with van der Waals surface area (Å²) in [4.78, 5) is 23.9. The third kappa shape index (κ3) is 5.34. The van der Waals surface area contributed by atoms with Crippen molar-refractivity contribution in [1.29, 1.82) is 0 Å². The molecule has 0 spiro atoms. The fourth-order valence-electron chi connectivity index (χ4n) is 2.84. The molecule has 0 bridgehead atoms. The van der Waals surface area contributed by atoms with Gasteiger partial charge in [-0.2, -0.15) is 13.2 Å². The first-order chi connectivity index (χ1) is 13.2. The lowest BCUT2D eigenvalue weighted by Crippen LogP contribution is -2.15. The standard InChI is InChI=1S/C21H21F3N2O2/c1-13(14-4-6-16(7-5-14)21(22,23)24)12-19(27)25-17-8-10-18(11-9-17)26-20(28)15-2-3-15/h4-11,13,15H,2-3,12H2,1H3,(H,25,27)(H,26,28). The number of hydrogen-bond acceptors (Lipinski definition) is 2. The van der Waals surface area contributed by atoms with E-state index in [9.17, 15) is 22.8 Å². The van der Waals surface area contributed by atoms with Crippen LogP contribution in [0.3, 0.4) is 0 Å². The molecule has 0 aliphatic heterocycles. The van der Waals surface area contributed by atoms with Gasteiger partial charge in [0.2, 0.25) is 11.8 Å². The number of halogens is 3. The average molecular weight is 390 g/mol. The molecular formula is C21H21F3N2O2. The summed E-state index contributed by atoms with van der Waals surface area (Å²) in [6.45, 7) is 1.79. The van der Waals surface area contributed by atoms with E-state index >= 15 is 0 Å². The highest BCUT2D eigenvalue weighted by molar-refractivity contribution is 5.95. The Kier molecular flexibility index (Phi) is 5.72. The molecule has 4 nitrogen and oxygen atoms in total. The zero-order chi connectivity index (χ0) is 20.3. The third-order valence-electron chi connectivity index (χ3n) is 4.68. The Bertz CT molecular complexity index is 841. The lowest BCUT2D eigenvalue weighted by atomic mass is 9.96. The summed E-state index contributed by atoms with van der Waals surface area (Å²) in [5.74, 6) is -0.324. The van der Waals surface area contributed by atoms with Gasteiger partial charge in [-0.25, -0.2) is 0 Å². The van der Waals surface area contributed by atoms with Gasteiger partial charge in [-0.05, 0) is 60.7 Å². The second-order valence-corrected chi connectivity index (χ2v) is 7.11. The van der Waals surface area contributed by atoms with E-state index in [2.05, 4.69) is 10.6 Å². The summed E-state index contributed by atoms with van der Waals surface area (Å²) < 4.78 is 37.9. The molecule has 2 amide bonds. The van der Waals surface area contributed by atoms with Crippen molar-refractivity contribution >= 4 is 23.2 Å². The summed E-state index contributed by atoms with van der Waals surface area (Å²) in [5.41, 5.74) is 1.23. The largest absolute Gasteiger partial charge is 0.416 e. The van der Waals surface area contributed by atoms with Crippen LogP contribution in [0.2, 0.25) is 0 Å². The van der Waals surface area contributed by atoms with Crippen LogP contribution in [-0.2, 0) is 15.8 Å². The van der Waals surface area contributed by atoms with Crippen LogP contribution >= 0.6 is 0 Å². The van der Waals surface area contributed by atoms with Crippen molar-refractivity contribution < 1.29 is 22.8 Å². The molecule has 2 aromatic rings. The molecule has 1 aliphatic carbocycles. The predicted octanol–water partition coefficient (Wildman–Crippen LogP) is 5.19. The zero-order valence-corrected chi connectivity index (χ0v) is 15.3. The molecule has 2 N–H and O–H groups in total. The smallest absolute Gasteiger partial charge is 0.326 e. The van der Waals surface area contributed by atoms with E-state index in [0.29, 0.717) is 16.9 Å². The summed E-state index contributed by atoms with van der Waals surface area (Å²) >= 11 is 0. The van der Waals surface area contributed by atoms with Crippen LogP contribution in [0.25, 0.3) is 0 Å². The van der Waals surface area contributed by atoms with E-state index in [1.165, 1.54) is 12.1 Å². The Labute approximate surface area is 161 Å². The molecule has 1 saturated carbocycles. The Morgan fingerprint density at radius 3 is 2.00 bits per heavy atom. The Morgan fingerprint density at radius 2 is 1.50 bits per heavy atom. The molecule has 148 valence electrons. The number of hydrogen-bond donors (Lipinski definition) is 2. The molecule has 1 unspecified atom stereocenters. The van der Waals surface area contributed by atoms with Crippen molar-refractivity contribution in [3.63, 3.8) is 0 Å². The van der Waals surface area contributed by atoms with Gasteiger partial charge in [0.25, 0.3) is 0 Å². The number of alkyl halides is 3. The van der Waals surface area contributed by atoms with E-state index in [4.69, 9.17) is 0 Å². The van der Waals surface area contributed by atoms with E-state index < -0.39 is 11.7 Å². The SMILES string of the molecule is CC(CC(=O)Nc1ccc(NC(=O)C2CC2)cc1)c1ccc(C(F)(F)F)cc1. The molecule has 1 fully saturated rings. The monoisotopic (exact) mass is 390 g/mol. The molecule has 0 aromatic heterocycles. The van der Waals surface area contributed by atoms with Gasteiger partial charge in [-0.3, -0.25) is 9.59 Å². The van der Waals surface area contributed by atoms with Crippen LogP contribution in [-0.4, -0.2) is 11.8 Å². The third-order valence-corrected chi connectivity index (χ3v) is 4.68. The molecule has 28 heavy (non-hydrogen) atoms. The fraction of sp³-hybridized carbons (Fsp3) is 0.333. The molecule has 2 aromatic carbocycles. The maximum Gasteiger partial charge on any atom is 0.416 e. The first-order valence-corrected chi connectivity index (χ1v) is 9.10. The van der Waals surface area contributed by atoms with Crippen LogP contribution < -0.4 is 10.6 Å². The van der Waals surface area contributed by atoms with Crippen LogP contribution in [0.1, 0.15) is 43.2 Å². The van der Waals surface area contributed by atoms with E-state index in [1.807, 2.05) is 0 Å². The van der Waals surface area contributed by atoms with Gasteiger partial charge in [-0.15, -0.1) is 0 Å². The molecule has 0 heterocycles. The van der Waals surface area contributed by atoms with Crippen molar-refractivity contribution in [3.8, 4) is 0 Å². The summed E-state index contributed by atoms with van der Waals surface area (Å²) in [6, 6.07) is 11.7. The first-order valence-electron chi connectivity index (χ1n) is 9.10. The van der Waals surface area contributed by atoms with Crippen molar-refractivity contribution in [2.75, 3.05) is 10.6 Å². The number of carbonyl (C=O) groups is 2. The van der Waals surface area contributed by atoms with Gasteiger partial charge in [-0.1, -0.05) is 19.1 Å². The van der Waals surface area contributed by atoms with Crippen LogP contribution in [0.15, 0.2) is 48.5 Å². The molecule has 1 atom stereocenters. The number of anilines is 2. The van der Waals surface area contributed by atoms with Gasteiger partial charge in [0.1, 0.15) is 0 Å². The van der Waals surface area contributed by atoms with Crippen LogP contribution in [0.5, 0.6) is 0 Å². The minimum Gasteiger partial charge on any atom is -0.326 e. The highest BCUT2D eigenvalue weighted by Crippen LogP contribution is 2.31. The Morgan fingerprint density at radius 1 is 0.964 bits per heavy atom. The molecule has 0 radical (unpaired) electrons. The minimum atomic E-state index is -4.37. The van der Waals surface area contributed by atoms with E-state index in [0.717, 1.165) is 25.0 Å². The number of nitrogens with one attached hydrogen (secondary N) is 2. The molecule has 1 aliphatic rings. The minimum absolute atomic E-state index is 0.0159. The first kappa shape index (κ1) is 19.9. The van der Waals surface area contributed by atoms with Crippen molar-refractivity contribution in [2.24, 2.45) is 5.92 Å². The topological polar surface area (TPSA) is 58.2 Å². The molecule has 7 heteroatoms. The number of benzene rings is 2. The second kappa shape index (κ2) is 8.04. The van der Waals surface area contributed by atoms with Crippen LogP contribution in [0.4, 0.5) is 24.5 Å². The number of carbonyl (C=O) groups excluding carboxylic acids is 2. The number of rotatable bonds is 6. The average Bonchev–Trinajstić information content (AvgIpc) is 3.48. The summed E-state index contributed by atoms with van der Waals surface area (Å²) in [5, 5.41) is 5.58. The Hall–Kier alpha value is -2.83. The van der Waals surface area contributed by atoms with Crippen molar-refractivity contribution in [2.45, 2.75) is 38.3 Å².